The van der Waals surface area contributed by atoms with Crippen molar-refractivity contribution in [2.45, 2.75) is 0 Å². The maximum atomic E-state index is 13.6. The first kappa shape index (κ1) is 18.2. The molecule has 0 N–H and O–H groups in total. The molecule has 24 heavy (non-hydrogen) atoms. The summed E-state index contributed by atoms with van der Waals surface area (Å²) in [5, 5.41) is 0.910. The molecule has 0 aliphatic rings. The Bertz CT molecular complexity index is 655. The van der Waals surface area contributed by atoms with Crippen LogP contribution in [0.25, 0.3) is 0 Å². The van der Waals surface area contributed by atoms with Gasteiger partial charge in [-0.05, 0) is 24.3 Å². The standard InChI is InChI=1S/C17H21O6P/c1-19-12-6-13(20-2)9-16(8-12)24(18,23-5)17-10-14(21-3)7-15(11-17)22-4/h6-11H,1-5H3. The molecule has 7 heteroatoms. The lowest BCUT2D eigenvalue weighted by Gasteiger charge is -2.20. The smallest absolute Gasteiger partial charge is 0.261 e. The Hall–Kier alpha value is -2.17. The highest BCUT2D eigenvalue weighted by molar-refractivity contribution is 7.74. The van der Waals surface area contributed by atoms with Gasteiger partial charge in [0.25, 0.3) is 7.37 Å². The molecule has 6 nitrogen and oxygen atoms in total. The van der Waals surface area contributed by atoms with Crippen LogP contribution < -0.4 is 29.6 Å². The fourth-order valence-electron chi connectivity index (χ4n) is 2.28. The molecular weight excluding hydrogens is 331 g/mol. The predicted molar refractivity (Wildman–Crippen MR) is 93.0 cm³/mol. The molecule has 0 saturated heterocycles. The molecule has 0 heterocycles. The molecule has 2 aromatic carbocycles. The van der Waals surface area contributed by atoms with Crippen molar-refractivity contribution in [2.75, 3.05) is 35.5 Å². The zero-order chi connectivity index (χ0) is 17.7. The van der Waals surface area contributed by atoms with Crippen molar-refractivity contribution in [1.82, 2.24) is 0 Å². The molecule has 0 aromatic heterocycles. The van der Waals surface area contributed by atoms with Crippen LogP contribution in [0.3, 0.4) is 0 Å². The molecule has 0 saturated carbocycles. The molecule has 2 rings (SSSR count). The topological polar surface area (TPSA) is 63.2 Å². The minimum Gasteiger partial charge on any atom is -0.497 e. The second kappa shape index (κ2) is 7.60. The first-order valence-electron chi connectivity index (χ1n) is 7.13. The lowest BCUT2D eigenvalue weighted by atomic mass is 10.3. The van der Waals surface area contributed by atoms with E-state index in [9.17, 15) is 4.57 Å². The molecule has 0 radical (unpaired) electrons. The fraction of sp³-hybridized carbons (Fsp3) is 0.294. The van der Waals surface area contributed by atoms with Crippen LogP contribution in [-0.2, 0) is 9.09 Å². The van der Waals surface area contributed by atoms with Gasteiger partial charge in [-0.25, -0.2) is 0 Å². The number of hydrogen-bond donors (Lipinski definition) is 0. The highest BCUT2D eigenvalue weighted by Gasteiger charge is 2.30. The Kier molecular flexibility index (Phi) is 5.75. The van der Waals surface area contributed by atoms with Gasteiger partial charge in [0.05, 0.1) is 28.4 Å². The van der Waals surface area contributed by atoms with Crippen LogP contribution in [0, 0.1) is 0 Å². The third-order valence-electron chi connectivity index (χ3n) is 3.61. The van der Waals surface area contributed by atoms with Gasteiger partial charge < -0.3 is 23.5 Å². The van der Waals surface area contributed by atoms with Crippen molar-refractivity contribution in [3.63, 3.8) is 0 Å². The summed E-state index contributed by atoms with van der Waals surface area (Å²) in [6, 6.07) is 10.1. The van der Waals surface area contributed by atoms with Crippen molar-refractivity contribution >= 4 is 18.0 Å². The summed E-state index contributed by atoms with van der Waals surface area (Å²) >= 11 is 0. The Labute approximate surface area is 141 Å². The molecule has 0 fully saturated rings. The Morgan fingerprint density at radius 1 is 0.583 bits per heavy atom. The quantitative estimate of drug-likeness (QED) is 0.714. The summed E-state index contributed by atoms with van der Waals surface area (Å²) in [5.41, 5.74) is 0. The molecule has 0 aliphatic carbocycles. The lowest BCUT2D eigenvalue weighted by molar-refractivity contribution is 0.391. The van der Waals surface area contributed by atoms with Gasteiger partial charge in [0, 0.05) is 29.9 Å². The average molecular weight is 352 g/mol. The van der Waals surface area contributed by atoms with Gasteiger partial charge in [0.2, 0.25) is 0 Å². The van der Waals surface area contributed by atoms with E-state index >= 15 is 0 Å². The van der Waals surface area contributed by atoms with E-state index in [1.807, 2.05) is 0 Å². The Morgan fingerprint density at radius 3 is 1.08 bits per heavy atom. The van der Waals surface area contributed by atoms with Crippen molar-refractivity contribution < 1.29 is 28.0 Å². The molecule has 0 atom stereocenters. The third kappa shape index (κ3) is 3.50. The van der Waals surface area contributed by atoms with Crippen molar-refractivity contribution in [3.05, 3.63) is 36.4 Å². The Morgan fingerprint density at radius 2 is 0.875 bits per heavy atom. The van der Waals surface area contributed by atoms with Crippen LogP contribution in [0.5, 0.6) is 23.0 Å². The van der Waals surface area contributed by atoms with E-state index in [1.54, 1.807) is 36.4 Å². The average Bonchev–Trinajstić information content (AvgIpc) is 2.66. The van der Waals surface area contributed by atoms with Gasteiger partial charge in [-0.3, -0.25) is 4.57 Å². The second-order valence-corrected chi connectivity index (χ2v) is 7.38. The molecular formula is C17H21O6P. The van der Waals surface area contributed by atoms with Crippen molar-refractivity contribution in [1.29, 1.82) is 0 Å². The molecule has 0 bridgehead atoms. The second-order valence-electron chi connectivity index (χ2n) is 4.88. The lowest BCUT2D eigenvalue weighted by Crippen LogP contribution is -2.18. The maximum Gasteiger partial charge on any atom is 0.261 e. The van der Waals surface area contributed by atoms with E-state index in [2.05, 4.69) is 0 Å². The van der Waals surface area contributed by atoms with Crippen molar-refractivity contribution in [3.8, 4) is 23.0 Å². The van der Waals surface area contributed by atoms with Crippen LogP contribution in [0.15, 0.2) is 36.4 Å². The fourth-order valence-corrected chi connectivity index (χ4v) is 4.19. The van der Waals surface area contributed by atoms with Crippen molar-refractivity contribution in [2.24, 2.45) is 0 Å². The number of ether oxygens (including phenoxy) is 4. The van der Waals surface area contributed by atoms with E-state index < -0.39 is 7.37 Å². The van der Waals surface area contributed by atoms with Crippen LogP contribution in [-0.4, -0.2) is 35.5 Å². The minimum absolute atomic E-state index is 0.455. The zero-order valence-electron chi connectivity index (χ0n) is 14.4. The van der Waals surface area contributed by atoms with Gasteiger partial charge in [-0.1, -0.05) is 0 Å². The summed E-state index contributed by atoms with van der Waals surface area (Å²) in [7, 11) is 4.15. The predicted octanol–water partition coefficient (Wildman–Crippen LogP) is 2.60. The van der Waals surface area contributed by atoms with E-state index in [0.29, 0.717) is 33.6 Å². The summed E-state index contributed by atoms with van der Waals surface area (Å²) in [4.78, 5) is 0. The first-order valence-corrected chi connectivity index (χ1v) is 8.76. The maximum absolute atomic E-state index is 13.6. The van der Waals surface area contributed by atoms with Crippen LogP contribution >= 0.6 is 7.37 Å². The molecule has 0 amide bonds. The van der Waals surface area contributed by atoms with Crippen LogP contribution in [0.1, 0.15) is 0 Å². The van der Waals surface area contributed by atoms with E-state index in [1.165, 1.54) is 35.5 Å². The SMILES string of the molecule is COc1cc(OC)cc(P(=O)(OC)c2cc(OC)cc(OC)c2)c1. The number of methoxy groups -OCH3 is 4. The van der Waals surface area contributed by atoms with Gasteiger partial charge in [0.15, 0.2) is 0 Å². The van der Waals surface area contributed by atoms with E-state index in [-0.39, 0.29) is 0 Å². The van der Waals surface area contributed by atoms with Crippen LogP contribution in [0.4, 0.5) is 0 Å². The third-order valence-corrected chi connectivity index (χ3v) is 6.00. The normalized spacial score (nSPS) is 11.0. The monoisotopic (exact) mass is 352 g/mol. The highest BCUT2D eigenvalue weighted by atomic mass is 31.2. The Balaban J connectivity index is 2.66. The molecule has 0 unspecified atom stereocenters. The highest BCUT2D eigenvalue weighted by Crippen LogP contribution is 2.46. The van der Waals surface area contributed by atoms with Gasteiger partial charge >= 0.3 is 0 Å². The zero-order valence-corrected chi connectivity index (χ0v) is 15.3. The summed E-state index contributed by atoms with van der Waals surface area (Å²) in [6.07, 6.45) is 0. The molecule has 0 spiro atoms. The molecule has 0 aliphatic heterocycles. The number of benzene rings is 2. The van der Waals surface area contributed by atoms with Gasteiger partial charge in [-0.15, -0.1) is 0 Å². The van der Waals surface area contributed by atoms with Crippen LogP contribution in [0.2, 0.25) is 0 Å². The van der Waals surface area contributed by atoms with E-state index in [0.717, 1.165) is 0 Å². The molecule has 2 aromatic rings. The number of rotatable bonds is 7. The summed E-state index contributed by atoms with van der Waals surface area (Å²) in [5.74, 6) is 2.10. The number of hydrogen-bond acceptors (Lipinski definition) is 6. The summed E-state index contributed by atoms with van der Waals surface area (Å²) < 4.78 is 40.1. The first-order chi connectivity index (χ1) is 11.5. The summed E-state index contributed by atoms with van der Waals surface area (Å²) in [6.45, 7) is 0. The van der Waals surface area contributed by atoms with Gasteiger partial charge in [-0.2, -0.15) is 0 Å². The van der Waals surface area contributed by atoms with E-state index in [4.69, 9.17) is 23.5 Å². The minimum atomic E-state index is -3.39. The van der Waals surface area contributed by atoms with Gasteiger partial charge in [0.1, 0.15) is 23.0 Å². The molecule has 130 valence electrons. The largest absolute Gasteiger partial charge is 0.497 e.